The first-order valence-corrected chi connectivity index (χ1v) is 8.99. The number of aromatic nitrogens is 1. The number of rotatable bonds is 4. The lowest BCUT2D eigenvalue weighted by Crippen LogP contribution is -2.02. The highest BCUT2D eigenvalue weighted by atomic mass is 35.5. The number of ether oxygens (including phenoxy) is 1. The van der Waals surface area contributed by atoms with E-state index in [-0.39, 0.29) is 5.78 Å². The van der Waals surface area contributed by atoms with Gasteiger partial charge in [0.15, 0.2) is 11.5 Å². The van der Waals surface area contributed by atoms with E-state index in [1.807, 2.05) is 30.3 Å². The Kier molecular flexibility index (Phi) is 4.80. The molecule has 0 unspecified atom stereocenters. The van der Waals surface area contributed by atoms with Crippen molar-refractivity contribution in [1.29, 1.82) is 0 Å². The Morgan fingerprint density at radius 3 is 2.48 bits per heavy atom. The summed E-state index contributed by atoms with van der Waals surface area (Å²) in [6.45, 7) is 0. The minimum atomic E-state index is -0.194. The number of fused-ring (bicyclic) bond motifs is 1. The fraction of sp³-hybridized carbons (Fsp3) is 0. The van der Waals surface area contributed by atoms with Crippen molar-refractivity contribution in [3.8, 4) is 11.5 Å². The molecule has 27 heavy (non-hydrogen) atoms. The lowest BCUT2D eigenvalue weighted by molar-refractivity contribution is 0.103. The van der Waals surface area contributed by atoms with Crippen LogP contribution in [0.1, 0.15) is 15.9 Å². The fourth-order valence-electron chi connectivity index (χ4n) is 2.79. The van der Waals surface area contributed by atoms with Crippen LogP contribution in [0.4, 0.5) is 0 Å². The molecule has 4 aromatic rings. The van der Waals surface area contributed by atoms with Crippen LogP contribution >= 0.6 is 23.2 Å². The van der Waals surface area contributed by atoms with Gasteiger partial charge in [-0.05, 0) is 54.6 Å². The molecular weight excluding hydrogens is 381 g/mol. The second-order valence-electron chi connectivity index (χ2n) is 5.91. The lowest BCUT2D eigenvalue weighted by Gasteiger charge is -2.09. The van der Waals surface area contributed by atoms with E-state index >= 15 is 0 Å². The maximum Gasteiger partial charge on any atom is 0.194 e. The van der Waals surface area contributed by atoms with E-state index in [0.717, 1.165) is 10.9 Å². The van der Waals surface area contributed by atoms with Crippen LogP contribution in [0.5, 0.6) is 11.5 Å². The Morgan fingerprint density at radius 2 is 1.67 bits per heavy atom. The van der Waals surface area contributed by atoms with Crippen molar-refractivity contribution < 1.29 is 9.53 Å². The van der Waals surface area contributed by atoms with E-state index in [1.165, 1.54) is 0 Å². The molecule has 0 atom stereocenters. The molecule has 1 heterocycles. The fourth-order valence-corrected chi connectivity index (χ4v) is 3.16. The van der Waals surface area contributed by atoms with E-state index in [2.05, 4.69) is 4.98 Å². The molecule has 0 saturated heterocycles. The maximum absolute atomic E-state index is 12.7. The van der Waals surface area contributed by atoms with Crippen molar-refractivity contribution in [2.45, 2.75) is 0 Å². The van der Waals surface area contributed by atoms with Gasteiger partial charge in [0.05, 0.1) is 5.02 Å². The van der Waals surface area contributed by atoms with Crippen molar-refractivity contribution in [2.75, 3.05) is 0 Å². The molecule has 5 heteroatoms. The van der Waals surface area contributed by atoms with Crippen molar-refractivity contribution in [1.82, 2.24) is 4.98 Å². The van der Waals surface area contributed by atoms with E-state index < -0.39 is 0 Å². The molecule has 0 radical (unpaired) electrons. The lowest BCUT2D eigenvalue weighted by atomic mass is 10.0. The molecule has 0 fully saturated rings. The second kappa shape index (κ2) is 7.39. The zero-order valence-electron chi connectivity index (χ0n) is 14.0. The van der Waals surface area contributed by atoms with Crippen LogP contribution in [0.3, 0.4) is 0 Å². The minimum absolute atomic E-state index is 0.194. The average molecular weight is 394 g/mol. The van der Waals surface area contributed by atoms with E-state index in [9.17, 15) is 4.79 Å². The van der Waals surface area contributed by atoms with Crippen LogP contribution in [0.2, 0.25) is 10.0 Å². The van der Waals surface area contributed by atoms with E-state index in [0.29, 0.717) is 32.7 Å². The van der Waals surface area contributed by atoms with Gasteiger partial charge in [0, 0.05) is 27.7 Å². The number of carbonyl (C=O) groups excluding carboxylic acids is 1. The molecule has 132 valence electrons. The van der Waals surface area contributed by atoms with Gasteiger partial charge in [-0.25, -0.2) is 0 Å². The summed E-state index contributed by atoms with van der Waals surface area (Å²) in [6, 6.07) is 21.3. The normalized spacial score (nSPS) is 10.7. The van der Waals surface area contributed by atoms with Gasteiger partial charge in [-0.2, -0.15) is 0 Å². The minimum Gasteiger partial charge on any atom is -0.455 e. The summed E-state index contributed by atoms with van der Waals surface area (Å²) in [4.78, 5) is 17.0. The molecule has 0 saturated carbocycles. The quantitative estimate of drug-likeness (QED) is 0.368. The summed E-state index contributed by atoms with van der Waals surface area (Å²) < 4.78 is 5.95. The smallest absolute Gasteiger partial charge is 0.194 e. The largest absolute Gasteiger partial charge is 0.455 e. The summed E-state index contributed by atoms with van der Waals surface area (Å²) in [6.07, 6.45) is 1.73. The monoisotopic (exact) mass is 393 g/mol. The second-order valence-corrected chi connectivity index (χ2v) is 6.75. The van der Waals surface area contributed by atoms with Crippen LogP contribution in [-0.2, 0) is 0 Å². The number of pyridine rings is 1. The summed E-state index contributed by atoms with van der Waals surface area (Å²) in [5.41, 5.74) is 1.66. The van der Waals surface area contributed by atoms with Crippen LogP contribution in [0, 0.1) is 0 Å². The predicted octanol–water partition coefficient (Wildman–Crippen LogP) is 6.56. The molecular formula is C22H13Cl2NO2. The summed E-state index contributed by atoms with van der Waals surface area (Å²) in [5.74, 6) is 1.08. The predicted molar refractivity (Wildman–Crippen MR) is 108 cm³/mol. The highest BCUT2D eigenvalue weighted by Gasteiger charge is 2.14. The number of carbonyl (C=O) groups is 1. The number of hydrogen-bond donors (Lipinski definition) is 0. The first-order chi connectivity index (χ1) is 13.1. The number of para-hydroxylation sites is 1. The van der Waals surface area contributed by atoms with Crippen molar-refractivity contribution in [3.63, 3.8) is 0 Å². The third-order valence-electron chi connectivity index (χ3n) is 4.11. The Hall–Kier alpha value is -2.88. The summed E-state index contributed by atoms with van der Waals surface area (Å²) >= 11 is 12.1. The van der Waals surface area contributed by atoms with Crippen molar-refractivity contribution in [2.24, 2.45) is 0 Å². The van der Waals surface area contributed by atoms with Gasteiger partial charge >= 0.3 is 0 Å². The SMILES string of the molecule is O=C(c1ccc(Oc2cccc3cccnc23)cc1)c1cc(Cl)ccc1Cl. The molecule has 0 N–H and O–H groups in total. The van der Waals surface area contributed by atoms with E-state index in [4.69, 9.17) is 27.9 Å². The van der Waals surface area contributed by atoms with Gasteiger partial charge in [0.25, 0.3) is 0 Å². The molecule has 0 spiro atoms. The van der Waals surface area contributed by atoms with E-state index in [1.54, 1.807) is 48.7 Å². The molecule has 1 aromatic heterocycles. The first-order valence-electron chi connectivity index (χ1n) is 8.23. The molecule has 0 amide bonds. The molecule has 0 aliphatic carbocycles. The zero-order valence-corrected chi connectivity index (χ0v) is 15.5. The van der Waals surface area contributed by atoms with Crippen LogP contribution in [0.15, 0.2) is 79.0 Å². The van der Waals surface area contributed by atoms with Crippen molar-refractivity contribution in [3.05, 3.63) is 100 Å². The molecule has 0 aliphatic rings. The van der Waals surface area contributed by atoms with Gasteiger partial charge in [0.2, 0.25) is 0 Å². The molecule has 3 aromatic carbocycles. The van der Waals surface area contributed by atoms with Crippen LogP contribution in [0.25, 0.3) is 10.9 Å². The number of ketones is 1. The molecule has 3 nitrogen and oxygen atoms in total. The Balaban J connectivity index is 1.60. The molecule has 0 aliphatic heterocycles. The topological polar surface area (TPSA) is 39.2 Å². The average Bonchev–Trinajstić information content (AvgIpc) is 2.70. The number of nitrogens with zero attached hydrogens (tertiary/aromatic N) is 1. The Labute approximate surface area is 166 Å². The number of hydrogen-bond acceptors (Lipinski definition) is 3. The molecule has 0 bridgehead atoms. The highest BCUT2D eigenvalue weighted by Crippen LogP contribution is 2.29. The Bertz CT molecular complexity index is 1140. The van der Waals surface area contributed by atoms with Crippen LogP contribution < -0.4 is 4.74 Å². The van der Waals surface area contributed by atoms with Gasteiger partial charge in [-0.3, -0.25) is 9.78 Å². The summed E-state index contributed by atoms with van der Waals surface area (Å²) in [7, 11) is 0. The third-order valence-corrected chi connectivity index (χ3v) is 4.68. The summed E-state index contributed by atoms with van der Waals surface area (Å²) in [5, 5.41) is 1.83. The van der Waals surface area contributed by atoms with Crippen LogP contribution in [-0.4, -0.2) is 10.8 Å². The van der Waals surface area contributed by atoms with Crippen molar-refractivity contribution >= 4 is 39.9 Å². The highest BCUT2D eigenvalue weighted by molar-refractivity contribution is 6.36. The number of halogens is 2. The number of benzene rings is 3. The van der Waals surface area contributed by atoms with Gasteiger partial charge in [0.1, 0.15) is 11.3 Å². The zero-order chi connectivity index (χ0) is 18.8. The Morgan fingerprint density at radius 1 is 0.889 bits per heavy atom. The third kappa shape index (κ3) is 3.65. The maximum atomic E-state index is 12.7. The standard InChI is InChI=1S/C22H13Cl2NO2/c23-16-8-11-19(24)18(13-16)22(26)15-6-9-17(10-7-15)27-20-5-1-3-14-4-2-12-25-21(14)20/h1-13H. The van der Waals surface area contributed by atoms with Gasteiger partial charge in [-0.15, -0.1) is 0 Å². The van der Waals surface area contributed by atoms with Gasteiger partial charge < -0.3 is 4.74 Å². The first kappa shape index (κ1) is 17.5. The molecule has 4 rings (SSSR count). The van der Waals surface area contributed by atoms with Gasteiger partial charge in [-0.1, -0.05) is 41.4 Å².